The van der Waals surface area contributed by atoms with Crippen molar-refractivity contribution in [2.24, 2.45) is 5.73 Å². The quantitative estimate of drug-likeness (QED) is 0.629. The Balaban J connectivity index is 3.22. The van der Waals surface area contributed by atoms with Crippen LogP contribution in [0.1, 0.15) is 6.92 Å². The van der Waals surface area contributed by atoms with Crippen molar-refractivity contribution in [1.29, 1.82) is 0 Å². The predicted octanol–water partition coefficient (Wildman–Crippen LogP) is 1.28. The first kappa shape index (κ1) is 6.43. The Morgan fingerprint density at radius 2 is 2.50 bits per heavy atom. The molecule has 0 rings (SSSR count). The number of hydrogen-bond acceptors (Lipinski definition) is 1. The van der Waals surface area contributed by atoms with E-state index in [2.05, 4.69) is 22.6 Å². The molecule has 0 spiro atoms. The van der Waals surface area contributed by atoms with Gasteiger partial charge < -0.3 is 5.73 Å². The topological polar surface area (TPSA) is 26.0 Å². The maximum absolute atomic E-state index is 5.21. The summed E-state index contributed by atoms with van der Waals surface area (Å²) in [5, 5.41) is 0. The highest BCUT2D eigenvalue weighted by Gasteiger charge is 1.75. The van der Waals surface area contributed by atoms with Crippen molar-refractivity contribution in [1.82, 2.24) is 0 Å². The molecule has 2 N–H and O–H groups in total. The van der Waals surface area contributed by atoms with Crippen LogP contribution in [0.25, 0.3) is 0 Å². The van der Waals surface area contributed by atoms with Crippen LogP contribution in [-0.4, -0.2) is 6.54 Å². The fourth-order valence-corrected chi connectivity index (χ4v) is 0.118. The van der Waals surface area contributed by atoms with E-state index >= 15 is 0 Å². The SMILES string of the molecule is C/C=C(/I)CN. The van der Waals surface area contributed by atoms with E-state index in [4.69, 9.17) is 5.73 Å². The molecular weight excluding hydrogens is 189 g/mol. The van der Waals surface area contributed by atoms with Crippen molar-refractivity contribution in [2.75, 3.05) is 6.54 Å². The highest BCUT2D eigenvalue weighted by atomic mass is 127. The molecule has 0 unspecified atom stereocenters. The summed E-state index contributed by atoms with van der Waals surface area (Å²) >= 11 is 2.21. The van der Waals surface area contributed by atoms with Gasteiger partial charge in [0.05, 0.1) is 0 Å². The van der Waals surface area contributed by atoms with Gasteiger partial charge in [-0.15, -0.1) is 0 Å². The molecule has 0 aromatic heterocycles. The first-order valence-corrected chi connectivity index (χ1v) is 2.90. The van der Waals surface area contributed by atoms with Crippen LogP contribution < -0.4 is 5.73 Å². The van der Waals surface area contributed by atoms with Gasteiger partial charge >= 0.3 is 0 Å². The third-order valence-electron chi connectivity index (χ3n) is 0.508. The molecule has 0 heterocycles. The molecule has 0 aromatic carbocycles. The normalized spacial score (nSPS) is 12.2. The number of nitrogens with two attached hydrogens (primary N) is 1. The number of allylic oxidation sites excluding steroid dienone is 1. The van der Waals surface area contributed by atoms with E-state index in [0.29, 0.717) is 6.54 Å². The van der Waals surface area contributed by atoms with Gasteiger partial charge in [-0.3, -0.25) is 0 Å². The molecule has 6 heavy (non-hydrogen) atoms. The lowest BCUT2D eigenvalue weighted by Crippen LogP contribution is -1.96. The van der Waals surface area contributed by atoms with Crippen LogP contribution in [0, 0.1) is 0 Å². The fraction of sp³-hybridized carbons (Fsp3) is 0.500. The molecule has 0 fully saturated rings. The Hall–Kier alpha value is 0.430. The molecular formula is C4H8IN. The highest BCUT2D eigenvalue weighted by molar-refractivity contribution is 14.1. The fourth-order valence-electron chi connectivity index (χ4n) is 0.118. The summed E-state index contributed by atoms with van der Waals surface area (Å²) in [6.45, 7) is 2.66. The van der Waals surface area contributed by atoms with E-state index in [1.807, 2.05) is 13.0 Å². The number of hydrogen-bond donors (Lipinski definition) is 1. The van der Waals surface area contributed by atoms with Crippen LogP contribution in [0.3, 0.4) is 0 Å². The highest BCUT2D eigenvalue weighted by Crippen LogP contribution is 1.99. The zero-order valence-electron chi connectivity index (χ0n) is 3.74. The third-order valence-corrected chi connectivity index (χ3v) is 1.57. The maximum atomic E-state index is 5.21. The van der Waals surface area contributed by atoms with Crippen molar-refractivity contribution < 1.29 is 0 Å². The van der Waals surface area contributed by atoms with Crippen molar-refractivity contribution >= 4 is 22.6 Å². The second-order valence-electron chi connectivity index (χ2n) is 0.940. The molecule has 0 aromatic rings. The Morgan fingerprint density at radius 1 is 2.00 bits per heavy atom. The van der Waals surface area contributed by atoms with Gasteiger partial charge in [0.15, 0.2) is 0 Å². The largest absolute Gasteiger partial charge is 0.326 e. The summed E-state index contributed by atoms with van der Waals surface area (Å²) in [6.07, 6.45) is 2.00. The van der Waals surface area contributed by atoms with Gasteiger partial charge in [-0.2, -0.15) is 0 Å². The molecule has 0 amide bonds. The van der Waals surface area contributed by atoms with Crippen LogP contribution >= 0.6 is 22.6 Å². The van der Waals surface area contributed by atoms with Crippen LogP contribution in [-0.2, 0) is 0 Å². The molecule has 0 saturated heterocycles. The monoisotopic (exact) mass is 197 g/mol. The van der Waals surface area contributed by atoms with Gasteiger partial charge in [0.25, 0.3) is 0 Å². The molecule has 0 atom stereocenters. The van der Waals surface area contributed by atoms with Crippen LogP contribution in [0.2, 0.25) is 0 Å². The summed E-state index contributed by atoms with van der Waals surface area (Å²) in [7, 11) is 0. The van der Waals surface area contributed by atoms with E-state index in [9.17, 15) is 0 Å². The minimum atomic E-state index is 0.678. The zero-order chi connectivity index (χ0) is 4.99. The number of halogens is 1. The van der Waals surface area contributed by atoms with E-state index in [-0.39, 0.29) is 0 Å². The predicted molar refractivity (Wildman–Crippen MR) is 36.8 cm³/mol. The summed E-state index contributed by atoms with van der Waals surface area (Å²) in [5.74, 6) is 0. The van der Waals surface area contributed by atoms with Crippen LogP contribution in [0.5, 0.6) is 0 Å². The lowest BCUT2D eigenvalue weighted by atomic mass is 10.5. The Bertz CT molecular complexity index is 58.6. The molecule has 0 aliphatic carbocycles. The van der Waals surface area contributed by atoms with E-state index in [1.54, 1.807) is 0 Å². The van der Waals surface area contributed by atoms with Gasteiger partial charge in [-0.1, -0.05) is 6.08 Å². The lowest BCUT2D eigenvalue weighted by Gasteiger charge is -1.83. The van der Waals surface area contributed by atoms with Gasteiger partial charge in [-0.25, -0.2) is 0 Å². The molecule has 0 radical (unpaired) electrons. The van der Waals surface area contributed by atoms with Crippen molar-refractivity contribution in [3.05, 3.63) is 9.66 Å². The minimum Gasteiger partial charge on any atom is -0.326 e. The summed E-state index contributed by atoms with van der Waals surface area (Å²) < 4.78 is 1.22. The Morgan fingerprint density at radius 3 is 2.50 bits per heavy atom. The molecule has 2 heteroatoms. The smallest absolute Gasteiger partial charge is 0.0233 e. The second-order valence-corrected chi connectivity index (χ2v) is 2.33. The molecule has 1 nitrogen and oxygen atoms in total. The minimum absolute atomic E-state index is 0.678. The molecule has 36 valence electrons. The van der Waals surface area contributed by atoms with E-state index in [1.165, 1.54) is 3.58 Å². The van der Waals surface area contributed by atoms with Gasteiger partial charge in [0.2, 0.25) is 0 Å². The van der Waals surface area contributed by atoms with Crippen LogP contribution in [0.15, 0.2) is 9.66 Å². The molecule has 0 saturated carbocycles. The van der Waals surface area contributed by atoms with Crippen molar-refractivity contribution in [3.63, 3.8) is 0 Å². The average Bonchev–Trinajstić information content (AvgIpc) is 1.65. The van der Waals surface area contributed by atoms with Crippen LogP contribution in [0.4, 0.5) is 0 Å². The first-order chi connectivity index (χ1) is 2.81. The van der Waals surface area contributed by atoms with Gasteiger partial charge in [-0.05, 0) is 33.1 Å². The Kier molecular flexibility index (Phi) is 3.87. The lowest BCUT2D eigenvalue weighted by molar-refractivity contribution is 1.24. The average molecular weight is 197 g/mol. The maximum Gasteiger partial charge on any atom is 0.0233 e. The van der Waals surface area contributed by atoms with Crippen molar-refractivity contribution in [2.45, 2.75) is 6.92 Å². The number of rotatable bonds is 1. The van der Waals surface area contributed by atoms with Crippen molar-refractivity contribution in [3.8, 4) is 0 Å². The van der Waals surface area contributed by atoms with Gasteiger partial charge in [0.1, 0.15) is 0 Å². The summed E-state index contributed by atoms with van der Waals surface area (Å²) in [4.78, 5) is 0. The zero-order valence-corrected chi connectivity index (χ0v) is 5.90. The second kappa shape index (κ2) is 3.61. The Labute approximate surface area is 51.7 Å². The standard InChI is InChI=1S/C4H8IN/c1-2-4(5)3-6/h2H,3,6H2,1H3/b4-2+. The molecule has 0 bridgehead atoms. The third kappa shape index (κ3) is 2.66. The van der Waals surface area contributed by atoms with E-state index in [0.717, 1.165) is 0 Å². The molecule has 0 aliphatic heterocycles. The summed E-state index contributed by atoms with van der Waals surface area (Å²) in [6, 6.07) is 0. The summed E-state index contributed by atoms with van der Waals surface area (Å²) in [5.41, 5.74) is 5.21. The molecule has 0 aliphatic rings. The first-order valence-electron chi connectivity index (χ1n) is 1.82. The van der Waals surface area contributed by atoms with E-state index < -0.39 is 0 Å². The van der Waals surface area contributed by atoms with Gasteiger partial charge in [0, 0.05) is 6.54 Å².